The van der Waals surface area contributed by atoms with Crippen LogP contribution < -0.4 is 5.32 Å². The van der Waals surface area contributed by atoms with Gasteiger partial charge in [-0.25, -0.2) is 12.8 Å². The van der Waals surface area contributed by atoms with Gasteiger partial charge in [0.25, 0.3) is 0 Å². The number of hydrogen-bond acceptors (Lipinski definition) is 3. The van der Waals surface area contributed by atoms with Gasteiger partial charge in [0.1, 0.15) is 5.82 Å². The second-order valence-corrected chi connectivity index (χ2v) is 7.55. The maximum Gasteiger partial charge on any atom is 0.243 e. The van der Waals surface area contributed by atoms with Crippen molar-refractivity contribution in [2.75, 3.05) is 13.6 Å². The van der Waals surface area contributed by atoms with Gasteiger partial charge < -0.3 is 5.32 Å². The number of hydrogen-bond donors (Lipinski definition) is 1. The largest absolute Gasteiger partial charge is 0.316 e. The van der Waals surface area contributed by atoms with Gasteiger partial charge >= 0.3 is 0 Å². The Bertz CT molecular complexity index is 616. The van der Waals surface area contributed by atoms with Crippen LogP contribution in [0, 0.1) is 12.7 Å². The molecule has 0 aliphatic carbocycles. The summed E-state index contributed by atoms with van der Waals surface area (Å²) in [5, 5.41) is 2.92. The molecule has 0 radical (unpaired) electrons. The minimum absolute atomic E-state index is 0.0285. The van der Waals surface area contributed by atoms with Crippen LogP contribution in [-0.2, 0) is 16.6 Å². The summed E-state index contributed by atoms with van der Waals surface area (Å²) in [4.78, 5) is 0.0986. The molecule has 1 aliphatic heterocycles. The van der Waals surface area contributed by atoms with E-state index < -0.39 is 15.8 Å². The standard InChI is InChI=1S/C15H23FN2O2S/c1-11-6-4-5-7-18(11)21(19,20)15-9-13(10-17-3)8-14(16)12(15)2/h8-9,11,17H,4-7,10H2,1-3H3. The maximum absolute atomic E-state index is 14.0. The van der Waals surface area contributed by atoms with Gasteiger partial charge in [-0.15, -0.1) is 0 Å². The zero-order valence-electron chi connectivity index (χ0n) is 12.8. The summed E-state index contributed by atoms with van der Waals surface area (Å²) < 4.78 is 41.3. The molecule has 2 rings (SSSR count). The number of benzene rings is 1. The van der Waals surface area contributed by atoms with E-state index >= 15 is 0 Å². The van der Waals surface area contributed by atoms with Gasteiger partial charge in [0.2, 0.25) is 10.0 Å². The lowest BCUT2D eigenvalue weighted by Crippen LogP contribution is -2.42. The summed E-state index contributed by atoms with van der Waals surface area (Å²) in [6.07, 6.45) is 2.76. The summed E-state index contributed by atoms with van der Waals surface area (Å²) >= 11 is 0. The van der Waals surface area contributed by atoms with Gasteiger partial charge in [0.15, 0.2) is 0 Å². The lowest BCUT2D eigenvalue weighted by molar-refractivity contribution is 0.268. The third kappa shape index (κ3) is 3.27. The molecule has 1 fully saturated rings. The zero-order chi connectivity index (χ0) is 15.6. The number of piperidine rings is 1. The Labute approximate surface area is 126 Å². The van der Waals surface area contributed by atoms with Crippen molar-refractivity contribution in [2.24, 2.45) is 0 Å². The molecule has 1 N–H and O–H groups in total. The summed E-state index contributed by atoms with van der Waals surface area (Å²) in [5.41, 5.74) is 0.844. The van der Waals surface area contributed by atoms with Gasteiger partial charge in [-0.1, -0.05) is 6.42 Å². The molecule has 4 nitrogen and oxygen atoms in total. The average molecular weight is 314 g/mol. The molecule has 0 aromatic heterocycles. The zero-order valence-corrected chi connectivity index (χ0v) is 13.6. The second kappa shape index (κ2) is 6.42. The molecule has 0 amide bonds. The highest BCUT2D eigenvalue weighted by atomic mass is 32.2. The molecule has 0 bridgehead atoms. The van der Waals surface area contributed by atoms with Crippen LogP contribution in [0.4, 0.5) is 4.39 Å². The molecule has 1 unspecified atom stereocenters. The van der Waals surface area contributed by atoms with Crippen LogP contribution in [0.1, 0.15) is 37.3 Å². The number of halogens is 1. The topological polar surface area (TPSA) is 49.4 Å². The second-order valence-electron chi connectivity index (χ2n) is 5.69. The van der Waals surface area contributed by atoms with Gasteiger partial charge in [-0.3, -0.25) is 0 Å². The van der Waals surface area contributed by atoms with Crippen molar-refractivity contribution in [1.29, 1.82) is 0 Å². The highest BCUT2D eigenvalue weighted by Crippen LogP contribution is 2.28. The van der Waals surface area contributed by atoms with Crippen molar-refractivity contribution in [3.05, 3.63) is 29.1 Å². The molecule has 1 aromatic carbocycles. The maximum atomic E-state index is 14.0. The Balaban J connectivity index is 2.48. The van der Waals surface area contributed by atoms with Crippen molar-refractivity contribution in [3.8, 4) is 0 Å². The summed E-state index contributed by atoms with van der Waals surface area (Å²) in [5.74, 6) is -0.467. The average Bonchev–Trinajstić information content (AvgIpc) is 2.43. The fraction of sp³-hybridized carbons (Fsp3) is 0.600. The quantitative estimate of drug-likeness (QED) is 0.928. The van der Waals surface area contributed by atoms with E-state index in [1.165, 1.54) is 17.3 Å². The van der Waals surface area contributed by atoms with E-state index in [1.54, 1.807) is 13.1 Å². The van der Waals surface area contributed by atoms with Crippen LogP contribution in [-0.4, -0.2) is 32.4 Å². The number of nitrogens with zero attached hydrogens (tertiary/aromatic N) is 1. The lowest BCUT2D eigenvalue weighted by atomic mass is 10.1. The highest BCUT2D eigenvalue weighted by molar-refractivity contribution is 7.89. The molecule has 1 atom stereocenters. The number of rotatable bonds is 4. The predicted octanol–water partition coefficient (Wildman–Crippen LogP) is 2.42. The SMILES string of the molecule is CNCc1cc(F)c(C)c(S(=O)(=O)N2CCCCC2C)c1. The minimum Gasteiger partial charge on any atom is -0.316 e. The molecule has 0 spiro atoms. The van der Waals surface area contributed by atoms with E-state index in [9.17, 15) is 12.8 Å². The first-order valence-electron chi connectivity index (χ1n) is 7.33. The van der Waals surface area contributed by atoms with Crippen molar-refractivity contribution in [3.63, 3.8) is 0 Å². The predicted molar refractivity (Wildman–Crippen MR) is 81.1 cm³/mol. The van der Waals surface area contributed by atoms with Crippen LogP contribution in [0.2, 0.25) is 0 Å². The van der Waals surface area contributed by atoms with Gasteiger partial charge in [-0.05, 0) is 51.4 Å². The van der Waals surface area contributed by atoms with Crippen LogP contribution in [0.3, 0.4) is 0 Å². The molecule has 21 heavy (non-hydrogen) atoms. The molecule has 1 aromatic rings. The summed E-state index contributed by atoms with van der Waals surface area (Å²) in [6, 6.07) is 2.95. The van der Waals surface area contributed by atoms with Crippen molar-refractivity contribution < 1.29 is 12.8 Å². The number of nitrogens with one attached hydrogen (secondary N) is 1. The van der Waals surface area contributed by atoms with E-state index in [1.807, 2.05) is 6.92 Å². The van der Waals surface area contributed by atoms with E-state index in [4.69, 9.17) is 0 Å². The normalized spacial score (nSPS) is 20.7. The molecular weight excluding hydrogens is 291 g/mol. The minimum atomic E-state index is -3.64. The van der Waals surface area contributed by atoms with Gasteiger partial charge in [-0.2, -0.15) is 4.31 Å². The molecule has 1 heterocycles. The Morgan fingerprint density at radius 1 is 1.38 bits per heavy atom. The fourth-order valence-electron chi connectivity index (χ4n) is 2.84. The molecule has 1 saturated heterocycles. The fourth-order valence-corrected chi connectivity index (χ4v) is 4.82. The van der Waals surface area contributed by atoms with E-state index in [0.717, 1.165) is 19.3 Å². The van der Waals surface area contributed by atoms with Gasteiger partial charge in [0, 0.05) is 24.7 Å². The molecule has 0 saturated carbocycles. The Morgan fingerprint density at radius 3 is 2.71 bits per heavy atom. The van der Waals surface area contributed by atoms with Crippen LogP contribution in [0.25, 0.3) is 0 Å². The van der Waals surface area contributed by atoms with Crippen molar-refractivity contribution in [2.45, 2.75) is 50.6 Å². The van der Waals surface area contributed by atoms with E-state index in [2.05, 4.69) is 5.32 Å². The summed E-state index contributed by atoms with van der Waals surface area (Å²) in [7, 11) is -1.89. The highest BCUT2D eigenvalue weighted by Gasteiger charge is 2.32. The molecular formula is C15H23FN2O2S. The van der Waals surface area contributed by atoms with Crippen LogP contribution in [0.15, 0.2) is 17.0 Å². The van der Waals surface area contributed by atoms with Gasteiger partial charge in [0.05, 0.1) is 4.90 Å². The van der Waals surface area contributed by atoms with Crippen molar-refractivity contribution >= 4 is 10.0 Å². The van der Waals surface area contributed by atoms with E-state index in [0.29, 0.717) is 18.7 Å². The van der Waals surface area contributed by atoms with E-state index in [-0.39, 0.29) is 16.5 Å². The van der Waals surface area contributed by atoms with Crippen LogP contribution >= 0.6 is 0 Å². The Kier molecular flexibility index (Phi) is 5.01. The smallest absolute Gasteiger partial charge is 0.243 e. The first-order chi connectivity index (χ1) is 9.87. The Hall–Kier alpha value is -0.980. The third-order valence-corrected chi connectivity index (χ3v) is 6.21. The Morgan fingerprint density at radius 2 is 2.10 bits per heavy atom. The lowest BCUT2D eigenvalue weighted by Gasteiger charge is -2.32. The number of sulfonamides is 1. The molecule has 6 heteroatoms. The van der Waals surface area contributed by atoms with Crippen LogP contribution in [0.5, 0.6) is 0 Å². The first-order valence-corrected chi connectivity index (χ1v) is 8.77. The molecule has 118 valence electrons. The summed E-state index contributed by atoms with van der Waals surface area (Å²) in [6.45, 7) is 4.40. The third-order valence-electron chi connectivity index (χ3n) is 4.07. The first kappa shape index (κ1) is 16.4. The monoisotopic (exact) mass is 314 g/mol. The van der Waals surface area contributed by atoms with Crippen molar-refractivity contribution in [1.82, 2.24) is 9.62 Å². The molecule has 1 aliphatic rings.